The maximum absolute atomic E-state index is 9.84. The van der Waals surface area contributed by atoms with Crippen LogP contribution in [0.3, 0.4) is 0 Å². The van der Waals surface area contributed by atoms with Crippen molar-refractivity contribution in [1.29, 1.82) is 0 Å². The van der Waals surface area contributed by atoms with Gasteiger partial charge in [-0.25, -0.2) is 0 Å². The number of rotatable bonds is 6. The zero-order chi connectivity index (χ0) is 28.4. The summed E-state index contributed by atoms with van der Waals surface area (Å²) in [5, 5.41) is 14.0. The van der Waals surface area contributed by atoms with Crippen molar-refractivity contribution < 1.29 is 188 Å². The van der Waals surface area contributed by atoms with E-state index in [-0.39, 0.29) is 141 Å². The smallest absolute Gasteiger partial charge is 0 e. The van der Waals surface area contributed by atoms with Crippen LogP contribution in [-0.4, -0.2) is 45.8 Å². The number of hydrogen-bond donors (Lipinski definition) is 2. The maximum Gasteiger partial charge on any atom is 0 e. The van der Waals surface area contributed by atoms with E-state index in [0.717, 1.165) is 14.2 Å². The second kappa shape index (κ2) is 128. The van der Waals surface area contributed by atoms with Gasteiger partial charge >= 0.3 is 118 Å². The molecule has 0 aromatic rings. The summed E-state index contributed by atoms with van der Waals surface area (Å²) in [7, 11) is 2.00. The van der Waals surface area contributed by atoms with E-state index in [9.17, 15) is 9.59 Å². The minimum atomic E-state index is 0. The maximum atomic E-state index is 9.84. The summed E-state index contributed by atoms with van der Waals surface area (Å²) >= 11 is 2.55. The Bertz CT molecular complexity index is 396. The van der Waals surface area contributed by atoms with Crippen molar-refractivity contribution >= 4 is 21.4 Å². The van der Waals surface area contributed by atoms with Crippen molar-refractivity contribution in [3.05, 3.63) is 69.4 Å². The van der Waals surface area contributed by atoms with Crippen molar-refractivity contribution in [3.8, 4) is 0 Å². The third-order valence-corrected chi connectivity index (χ3v) is 2.47. The van der Waals surface area contributed by atoms with Gasteiger partial charge in [0.05, 0.1) is 0 Å². The van der Waals surface area contributed by atoms with Gasteiger partial charge in [-0.2, -0.15) is 0 Å². The van der Waals surface area contributed by atoms with Crippen molar-refractivity contribution in [3.63, 3.8) is 0 Å². The third-order valence-electron chi connectivity index (χ3n) is 0.993. The molecule has 0 rings (SSSR count). The Labute approximate surface area is 347 Å². The largest absolute Gasteiger partial charge is 0.447 e. The van der Waals surface area contributed by atoms with Crippen LogP contribution in [0, 0.1) is 71.0 Å². The molecule has 0 bridgehead atoms. The summed E-state index contributed by atoms with van der Waals surface area (Å²) in [6.45, 7) is 36.3. The van der Waals surface area contributed by atoms with Crippen molar-refractivity contribution in [2.24, 2.45) is 5.92 Å². The number of hydrogen-bond acceptors (Lipinski definition) is 4. The van der Waals surface area contributed by atoms with Crippen molar-refractivity contribution in [2.75, 3.05) is 14.2 Å². The number of allylic oxidation sites excluding steroid dienone is 6. The molecular formula is C26H47O4UW2Y3-7. The average Bonchev–Trinajstić information content (AvgIpc) is 2.88. The first kappa shape index (κ1) is 83.4. The molecular weight excluding hydrogens is 1250 g/mol. The summed E-state index contributed by atoms with van der Waals surface area (Å²) in [6.07, 6.45) is 9.33. The molecule has 0 heterocycles. The molecule has 10 heteroatoms. The van der Waals surface area contributed by atoms with Gasteiger partial charge in [-0.05, 0) is 0 Å². The summed E-state index contributed by atoms with van der Waals surface area (Å²) in [5.74, 6) is 0.0833. The van der Waals surface area contributed by atoms with Gasteiger partial charge in [-0.3, -0.25) is 0 Å². The van der Waals surface area contributed by atoms with E-state index in [4.69, 9.17) is 23.4 Å². The molecule has 207 valence electrons. The second-order valence-electron chi connectivity index (χ2n) is 2.95. The first-order chi connectivity index (χ1) is 15.4. The molecule has 0 saturated heterocycles. The van der Waals surface area contributed by atoms with Gasteiger partial charge in [0.25, 0.3) is 0 Å². The Hall–Kier alpha value is 3.70. The molecule has 0 aliphatic rings. The van der Waals surface area contributed by atoms with Crippen LogP contribution in [-0.2, 0) is 146 Å². The fourth-order valence-electron chi connectivity index (χ4n) is 0.378. The first-order valence-electron chi connectivity index (χ1n) is 9.99. The minimum Gasteiger partial charge on any atom is -0.447 e. The molecule has 0 amide bonds. The van der Waals surface area contributed by atoms with E-state index in [1.54, 1.807) is 23.0 Å². The Morgan fingerprint density at radius 1 is 0.806 bits per heavy atom. The fourth-order valence-corrected chi connectivity index (χ4v) is 1.12. The van der Waals surface area contributed by atoms with Crippen LogP contribution in [0.1, 0.15) is 55.4 Å². The van der Waals surface area contributed by atoms with E-state index < -0.39 is 0 Å². The molecule has 3 radical (unpaired) electrons. The predicted octanol–water partition coefficient (Wildman–Crippen LogP) is 5.14. The summed E-state index contributed by atoms with van der Waals surface area (Å²) in [5.41, 5.74) is 0.657. The zero-order valence-electron chi connectivity index (χ0n) is 24.1. The molecule has 0 saturated carbocycles. The number of aliphatic hydroxyl groups is 2. The molecule has 0 aliphatic carbocycles. The van der Waals surface area contributed by atoms with Gasteiger partial charge in [-0.15, -0.1) is 0 Å². The first-order valence-corrected chi connectivity index (χ1v) is 13.4. The van der Waals surface area contributed by atoms with Gasteiger partial charge in [0, 0.05) is 143 Å². The quantitative estimate of drug-likeness (QED) is 0.220. The van der Waals surface area contributed by atoms with Gasteiger partial charge in [0.2, 0.25) is 0 Å². The van der Waals surface area contributed by atoms with E-state index in [2.05, 4.69) is 20.8 Å². The van der Waals surface area contributed by atoms with E-state index >= 15 is 0 Å². The fraction of sp³-hybridized carbons (Fsp3) is 0.423. The van der Waals surface area contributed by atoms with E-state index in [1.165, 1.54) is 56.9 Å². The van der Waals surface area contributed by atoms with E-state index in [0.29, 0.717) is 5.57 Å². The van der Waals surface area contributed by atoms with Gasteiger partial charge in [0.15, 0.2) is 0 Å². The summed E-state index contributed by atoms with van der Waals surface area (Å²) in [4.78, 5) is 19.5. The normalized spacial score (nSPS) is 6.28. The van der Waals surface area contributed by atoms with Crippen LogP contribution >= 0.6 is 0 Å². The Balaban J connectivity index is -0.0000000161. The van der Waals surface area contributed by atoms with Gasteiger partial charge in [0.1, 0.15) is 0 Å². The zero-order valence-corrected chi connectivity index (χ0v) is 42.6. The topological polar surface area (TPSA) is 74.6 Å². The van der Waals surface area contributed by atoms with E-state index in [1.807, 2.05) is 59.8 Å². The van der Waals surface area contributed by atoms with Crippen LogP contribution in [0.2, 0.25) is 0 Å². The monoisotopic (exact) mass is 1300 g/mol. The molecule has 0 spiro atoms. The molecule has 0 atom stereocenters. The van der Waals surface area contributed by atoms with Crippen LogP contribution in [0.25, 0.3) is 0 Å². The van der Waals surface area contributed by atoms with Crippen molar-refractivity contribution in [2.45, 2.75) is 55.4 Å². The molecule has 0 unspecified atom stereocenters. The second-order valence-corrected chi connectivity index (χ2v) is 4.78. The molecule has 4 nitrogen and oxygen atoms in total. The Morgan fingerprint density at radius 3 is 1.19 bits per heavy atom. The third kappa shape index (κ3) is 182. The molecule has 0 aromatic carbocycles. The molecule has 2 N–H and O–H groups in total. The predicted molar refractivity (Wildman–Crippen MR) is 139 cm³/mol. The van der Waals surface area contributed by atoms with Crippen LogP contribution in [0.4, 0.5) is 0 Å². The molecule has 0 aliphatic heterocycles. The number of carbonyl (C=O) groups excluding carboxylic acids is 2. The van der Waals surface area contributed by atoms with Gasteiger partial charge in [-0.1, -0.05) is 55.4 Å². The van der Waals surface area contributed by atoms with Crippen molar-refractivity contribution in [1.82, 2.24) is 0 Å². The minimum absolute atomic E-state index is 0. The summed E-state index contributed by atoms with van der Waals surface area (Å²) in [6, 6.07) is 0. The molecule has 0 aromatic heterocycles. The molecule has 0 fully saturated rings. The Kier molecular flexibility index (Phi) is 297. The number of aliphatic hydroxyl groups excluding tert-OH is 2. The van der Waals surface area contributed by atoms with Gasteiger partial charge < -0.3 is 36.9 Å². The summed E-state index contributed by atoms with van der Waals surface area (Å²) < 4.78 is 3.58. The standard InChI is InChI=1S/2C6H4O.C4H7.4C2H6.2CH4O.U.2W.3Y/c2*1-3-4-6(2)5-7;1-4(2)3;6*1-2;;;;;;/h2*1-4H;4H,1-3H2;4*1-2H3;2*2H,1H3;;;;;;/q2*-2;-3;;;;;;;;;;;;. The van der Waals surface area contributed by atoms with Crippen LogP contribution in [0.5, 0.6) is 0 Å². The average molecular weight is 1300 g/mol. The molecule has 36 heavy (non-hydrogen) atoms. The van der Waals surface area contributed by atoms with Crippen LogP contribution in [0.15, 0.2) is 35.5 Å². The SMILES string of the molecule is CC.CC.CC.CC.CO.CO.[CH-]=C([C-]=O)C=C[CH]=[W].[CH-]=CC=C([C-]=O)[CH]=[W].[CH2-]C([CH2-])[CH2-].[U].[Y].[Y].[Y]. The van der Waals surface area contributed by atoms with Crippen LogP contribution < -0.4 is 0 Å². The Morgan fingerprint density at radius 2 is 1.08 bits per heavy atom.